The third-order valence-corrected chi connectivity index (χ3v) is 2.65. The predicted molar refractivity (Wildman–Crippen MR) is 52.3 cm³/mol. The number of rotatable bonds is 2. The maximum Gasteiger partial charge on any atom is 0.127 e. The van der Waals surface area contributed by atoms with Crippen molar-refractivity contribution in [1.82, 2.24) is 4.90 Å². The largest absolute Gasteiger partial charge is 0.392 e. The van der Waals surface area contributed by atoms with E-state index >= 15 is 0 Å². The minimum atomic E-state index is -0.425. The van der Waals surface area contributed by atoms with Gasteiger partial charge in [-0.15, -0.1) is 0 Å². The first-order chi connectivity index (χ1) is 7.15. The van der Waals surface area contributed by atoms with Crippen LogP contribution >= 0.6 is 0 Å². The van der Waals surface area contributed by atoms with Crippen molar-refractivity contribution in [3.8, 4) is 0 Å². The summed E-state index contributed by atoms with van der Waals surface area (Å²) < 4.78 is 26.1. The molecule has 2 rings (SSSR count). The molecular weight excluding hydrogens is 200 g/mol. The Morgan fingerprint density at radius 1 is 1.40 bits per heavy atom. The Morgan fingerprint density at radius 2 is 2.20 bits per heavy atom. The second kappa shape index (κ2) is 4.24. The monoisotopic (exact) mass is 213 g/mol. The molecule has 1 heterocycles. The minimum Gasteiger partial charge on any atom is -0.392 e. The number of hydrogen-bond donors (Lipinski definition) is 1. The van der Waals surface area contributed by atoms with Crippen LogP contribution in [0.3, 0.4) is 0 Å². The topological polar surface area (TPSA) is 23.5 Å². The van der Waals surface area contributed by atoms with Crippen molar-refractivity contribution >= 4 is 0 Å². The van der Waals surface area contributed by atoms with E-state index in [4.69, 9.17) is 0 Å². The van der Waals surface area contributed by atoms with Gasteiger partial charge in [0, 0.05) is 25.2 Å². The maximum atomic E-state index is 13.3. The van der Waals surface area contributed by atoms with Gasteiger partial charge in [-0.1, -0.05) is 0 Å². The third kappa shape index (κ3) is 2.52. The van der Waals surface area contributed by atoms with Crippen LogP contribution in [0.1, 0.15) is 12.0 Å². The van der Waals surface area contributed by atoms with E-state index in [0.717, 1.165) is 18.7 Å². The first-order valence-electron chi connectivity index (χ1n) is 4.99. The fraction of sp³-hybridized carbons (Fsp3) is 0.455. The number of nitrogens with zero attached hydrogens (tertiary/aromatic N) is 1. The highest BCUT2D eigenvalue weighted by Gasteiger charge is 2.21. The Hall–Kier alpha value is -1.00. The highest BCUT2D eigenvalue weighted by molar-refractivity contribution is 5.18. The van der Waals surface area contributed by atoms with Crippen molar-refractivity contribution in [3.63, 3.8) is 0 Å². The molecule has 1 aliphatic rings. The molecule has 1 N–H and O–H groups in total. The summed E-state index contributed by atoms with van der Waals surface area (Å²) in [6.45, 7) is 1.63. The molecule has 82 valence electrons. The average molecular weight is 213 g/mol. The highest BCUT2D eigenvalue weighted by Crippen LogP contribution is 2.16. The summed E-state index contributed by atoms with van der Waals surface area (Å²) in [6.07, 6.45) is 0.373. The van der Waals surface area contributed by atoms with Gasteiger partial charge in [-0.05, 0) is 24.6 Å². The lowest BCUT2D eigenvalue weighted by atomic mass is 10.2. The molecule has 1 aliphatic heterocycles. The van der Waals surface area contributed by atoms with Crippen LogP contribution in [0, 0.1) is 11.6 Å². The van der Waals surface area contributed by atoms with Gasteiger partial charge in [0.2, 0.25) is 0 Å². The molecule has 0 radical (unpaired) electrons. The molecule has 0 aliphatic carbocycles. The van der Waals surface area contributed by atoms with Crippen LogP contribution < -0.4 is 0 Å². The smallest absolute Gasteiger partial charge is 0.127 e. The molecule has 0 spiro atoms. The van der Waals surface area contributed by atoms with Gasteiger partial charge >= 0.3 is 0 Å². The second-order valence-electron chi connectivity index (χ2n) is 3.91. The molecule has 15 heavy (non-hydrogen) atoms. The Kier molecular flexibility index (Phi) is 2.98. The molecule has 1 atom stereocenters. The van der Waals surface area contributed by atoms with Crippen molar-refractivity contribution in [2.24, 2.45) is 0 Å². The maximum absolute atomic E-state index is 13.3. The van der Waals surface area contributed by atoms with E-state index in [1.807, 2.05) is 4.90 Å². The number of likely N-dealkylation sites (tertiary alicyclic amines) is 1. The molecule has 1 fully saturated rings. The fourth-order valence-electron chi connectivity index (χ4n) is 1.86. The van der Waals surface area contributed by atoms with E-state index in [1.54, 1.807) is 0 Å². The predicted octanol–water partition coefficient (Wildman–Crippen LogP) is 1.53. The Labute approximate surface area is 87.1 Å². The average Bonchev–Trinajstić information content (AvgIpc) is 2.58. The quantitative estimate of drug-likeness (QED) is 0.805. The summed E-state index contributed by atoms with van der Waals surface area (Å²) in [4.78, 5) is 1.92. The van der Waals surface area contributed by atoms with Crippen molar-refractivity contribution in [2.45, 2.75) is 19.1 Å². The lowest BCUT2D eigenvalue weighted by Crippen LogP contribution is -2.22. The fourth-order valence-corrected chi connectivity index (χ4v) is 1.86. The summed E-state index contributed by atoms with van der Waals surface area (Å²) in [7, 11) is 0. The summed E-state index contributed by atoms with van der Waals surface area (Å²) >= 11 is 0. The van der Waals surface area contributed by atoms with Gasteiger partial charge in [-0.25, -0.2) is 8.78 Å². The summed E-state index contributed by atoms with van der Waals surface area (Å²) in [6, 6.07) is 3.45. The Morgan fingerprint density at radius 3 is 2.87 bits per heavy atom. The van der Waals surface area contributed by atoms with Gasteiger partial charge in [-0.2, -0.15) is 0 Å². The molecule has 0 saturated carbocycles. The molecule has 1 saturated heterocycles. The number of β-amino-alcohol motifs (C(OH)–C–C–N with tert-alkyl or cyclic N) is 1. The van der Waals surface area contributed by atoms with Crippen LogP contribution in [0.5, 0.6) is 0 Å². The zero-order valence-electron chi connectivity index (χ0n) is 8.29. The van der Waals surface area contributed by atoms with Crippen LogP contribution in [0.25, 0.3) is 0 Å². The van der Waals surface area contributed by atoms with Crippen molar-refractivity contribution < 1.29 is 13.9 Å². The molecule has 0 amide bonds. The van der Waals surface area contributed by atoms with E-state index in [1.165, 1.54) is 6.07 Å². The first kappa shape index (κ1) is 10.5. The number of hydrogen-bond acceptors (Lipinski definition) is 2. The molecule has 0 bridgehead atoms. The highest BCUT2D eigenvalue weighted by atomic mass is 19.1. The van der Waals surface area contributed by atoms with Gasteiger partial charge in [0.05, 0.1) is 6.10 Å². The molecule has 4 heteroatoms. The zero-order valence-corrected chi connectivity index (χ0v) is 8.29. The molecular formula is C11H13F2NO. The standard InChI is InChI=1S/C11H13F2NO/c12-9-1-2-11(13)8(5-9)6-14-4-3-10(15)7-14/h1-2,5,10,15H,3-4,6-7H2/t10-/m1/s1. The lowest BCUT2D eigenvalue weighted by Gasteiger charge is -2.15. The lowest BCUT2D eigenvalue weighted by molar-refractivity contribution is 0.174. The van der Waals surface area contributed by atoms with Crippen LogP contribution in [-0.4, -0.2) is 29.2 Å². The molecule has 0 unspecified atom stereocenters. The molecule has 2 nitrogen and oxygen atoms in total. The van der Waals surface area contributed by atoms with Crippen LogP contribution in [0.2, 0.25) is 0 Å². The van der Waals surface area contributed by atoms with Crippen LogP contribution in [-0.2, 0) is 6.54 Å². The van der Waals surface area contributed by atoms with E-state index < -0.39 is 11.6 Å². The zero-order chi connectivity index (χ0) is 10.8. The van der Waals surface area contributed by atoms with E-state index in [2.05, 4.69) is 0 Å². The van der Waals surface area contributed by atoms with Gasteiger partial charge in [0.15, 0.2) is 0 Å². The van der Waals surface area contributed by atoms with Gasteiger partial charge in [0.25, 0.3) is 0 Å². The number of aliphatic hydroxyl groups is 1. The van der Waals surface area contributed by atoms with Gasteiger partial charge in [-0.3, -0.25) is 4.90 Å². The van der Waals surface area contributed by atoms with Crippen molar-refractivity contribution in [2.75, 3.05) is 13.1 Å². The van der Waals surface area contributed by atoms with Crippen molar-refractivity contribution in [3.05, 3.63) is 35.4 Å². The third-order valence-electron chi connectivity index (χ3n) is 2.65. The summed E-state index contributed by atoms with van der Waals surface area (Å²) in [5.41, 5.74) is 0.351. The van der Waals surface area contributed by atoms with Crippen molar-refractivity contribution in [1.29, 1.82) is 0 Å². The van der Waals surface area contributed by atoms with Gasteiger partial charge in [0.1, 0.15) is 11.6 Å². The number of halogens is 2. The Balaban J connectivity index is 2.07. The SMILES string of the molecule is O[C@@H]1CCN(Cc2cc(F)ccc2F)C1. The first-order valence-corrected chi connectivity index (χ1v) is 4.99. The molecule has 0 aromatic heterocycles. The number of benzene rings is 1. The van der Waals surface area contributed by atoms with E-state index in [9.17, 15) is 13.9 Å². The van der Waals surface area contributed by atoms with E-state index in [-0.39, 0.29) is 6.10 Å². The van der Waals surface area contributed by atoms with Gasteiger partial charge < -0.3 is 5.11 Å². The van der Waals surface area contributed by atoms with Crippen LogP contribution in [0.15, 0.2) is 18.2 Å². The minimum absolute atomic E-state index is 0.332. The Bertz CT molecular complexity index is 356. The second-order valence-corrected chi connectivity index (χ2v) is 3.91. The summed E-state index contributed by atoms with van der Waals surface area (Å²) in [5.74, 6) is -0.816. The molecule has 1 aromatic rings. The molecule has 1 aromatic carbocycles. The normalized spacial score (nSPS) is 22.2. The van der Waals surface area contributed by atoms with E-state index in [0.29, 0.717) is 25.1 Å². The number of aliphatic hydroxyl groups excluding tert-OH is 1. The summed E-state index contributed by atoms with van der Waals surface area (Å²) in [5, 5.41) is 9.29. The van der Waals surface area contributed by atoms with Crippen LogP contribution in [0.4, 0.5) is 8.78 Å².